The van der Waals surface area contributed by atoms with E-state index in [0.717, 1.165) is 0 Å². The molecule has 0 amide bonds. The zero-order chi connectivity index (χ0) is 21.7. The van der Waals surface area contributed by atoms with Crippen LogP contribution in [-0.2, 0) is 0 Å². The minimum atomic E-state index is -0.554. The van der Waals surface area contributed by atoms with Gasteiger partial charge in [-0.15, -0.1) is 0 Å². The van der Waals surface area contributed by atoms with Crippen LogP contribution in [0.2, 0.25) is 0 Å². The maximum absolute atomic E-state index is 13.7. The van der Waals surface area contributed by atoms with E-state index in [2.05, 4.69) is 0 Å². The summed E-state index contributed by atoms with van der Waals surface area (Å²) in [4.78, 5) is 27.3. The summed E-state index contributed by atoms with van der Waals surface area (Å²) < 4.78 is 0. The number of phenolic OH excluding ortho intramolecular Hbond substituents is 2. The summed E-state index contributed by atoms with van der Waals surface area (Å²) >= 11 is 0. The third-order valence-corrected chi connectivity index (χ3v) is 5.57. The number of nitrogen functional groups attached to an aromatic ring is 1. The Morgan fingerprint density at radius 1 is 0.548 bits per heavy atom. The van der Waals surface area contributed by atoms with Crippen molar-refractivity contribution in [2.24, 2.45) is 0 Å². The molecule has 31 heavy (non-hydrogen) atoms. The SMILES string of the molecule is Nc1cc(-c2ccccc2)c2c(c1-c1ccccc1)C(=O)c1c(O)ccc(O)c1C2=O. The first kappa shape index (κ1) is 18.6. The van der Waals surface area contributed by atoms with Crippen LogP contribution >= 0.6 is 0 Å². The van der Waals surface area contributed by atoms with Crippen molar-refractivity contribution in [2.75, 3.05) is 5.73 Å². The molecule has 0 aliphatic heterocycles. The van der Waals surface area contributed by atoms with Gasteiger partial charge in [-0.1, -0.05) is 60.7 Å². The van der Waals surface area contributed by atoms with E-state index in [0.29, 0.717) is 27.9 Å². The third kappa shape index (κ3) is 2.71. The van der Waals surface area contributed by atoms with Gasteiger partial charge in [0.05, 0.1) is 11.1 Å². The third-order valence-electron chi connectivity index (χ3n) is 5.57. The summed E-state index contributed by atoms with van der Waals surface area (Å²) in [6.45, 7) is 0. The molecule has 0 saturated heterocycles. The predicted octanol–water partition coefficient (Wildman–Crippen LogP) is 4.79. The van der Waals surface area contributed by atoms with Crippen molar-refractivity contribution in [3.63, 3.8) is 0 Å². The Labute approximate surface area is 178 Å². The number of hydrogen-bond donors (Lipinski definition) is 3. The van der Waals surface area contributed by atoms with Gasteiger partial charge in [0.25, 0.3) is 0 Å². The van der Waals surface area contributed by atoms with Crippen LogP contribution in [0.3, 0.4) is 0 Å². The smallest absolute Gasteiger partial charge is 0.199 e. The lowest BCUT2D eigenvalue weighted by Crippen LogP contribution is -2.24. The number of carbonyl (C=O) groups is 2. The highest BCUT2D eigenvalue weighted by molar-refractivity contribution is 6.34. The first-order chi connectivity index (χ1) is 15.0. The highest BCUT2D eigenvalue weighted by Crippen LogP contribution is 2.46. The van der Waals surface area contributed by atoms with E-state index in [-0.39, 0.29) is 33.8 Å². The Balaban J connectivity index is 1.94. The van der Waals surface area contributed by atoms with E-state index in [9.17, 15) is 19.8 Å². The number of benzene rings is 4. The van der Waals surface area contributed by atoms with Crippen LogP contribution in [0.25, 0.3) is 22.3 Å². The quantitative estimate of drug-likeness (QED) is 0.289. The van der Waals surface area contributed by atoms with E-state index in [4.69, 9.17) is 5.73 Å². The molecule has 0 bridgehead atoms. The lowest BCUT2D eigenvalue weighted by atomic mass is 9.76. The van der Waals surface area contributed by atoms with Gasteiger partial charge in [0.1, 0.15) is 11.5 Å². The van der Waals surface area contributed by atoms with Crippen LogP contribution in [-0.4, -0.2) is 21.8 Å². The van der Waals surface area contributed by atoms with Crippen molar-refractivity contribution in [1.29, 1.82) is 0 Å². The summed E-state index contributed by atoms with van der Waals surface area (Å²) in [6, 6.07) is 22.4. The molecule has 5 nitrogen and oxygen atoms in total. The lowest BCUT2D eigenvalue weighted by molar-refractivity contribution is 0.0975. The van der Waals surface area contributed by atoms with Crippen molar-refractivity contribution < 1.29 is 19.8 Å². The Kier molecular flexibility index (Phi) is 4.12. The van der Waals surface area contributed by atoms with Gasteiger partial charge in [-0.05, 0) is 34.9 Å². The second-order valence-corrected chi connectivity index (χ2v) is 7.38. The van der Waals surface area contributed by atoms with Crippen LogP contribution < -0.4 is 5.73 Å². The van der Waals surface area contributed by atoms with Gasteiger partial charge in [0, 0.05) is 22.4 Å². The number of rotatable bonds is 2. The molecule has 0 radical (unpaired) electrons. The van der Waals surface area contributed by atoms with Gasteiger partial charge >= 0.3 is 0 Å². The van der Waals surface area contributed by atoms with Crippen LogP contribution in [0.4, 0.5) is 5.69 Å². The Bertz CT molecular complexity index is 1380. The fourth-order valence-corrected chi connectivity index (χ4v) is 4.22. The number of carbonyl (C=O) groups excluding carboxylic acids is 2. The zero-order valence-electron chi connectivity index (χ0n) is 16.3. The Morgan fingerprint density at radius 2 is 1.03 bits per heavy atom. The van der Waals surface area contributed by atoms with Crippen molar-refractivity contribution in [1.82, 2.24) is 0 Å². The van der Waals surface area contributed by atoms with Gasteiger partial charge in [-0.2, -0.15) is 0 Å². The molecule has 5 heteroatoms. The number of fused-ring (bicyclic) bond motifs is 2. The van der Waals surface area contributed by atoms with Crippen LogP contribution in [0.15, 0.2) is 78.9 Å². The van der Waals surface area contributed by atoms with Crippen molar-refractivity contribution in [3.8, 4) is 33.8 Å². The summed E-state index contributed by atoms with van der Waals surface area (Å²) in [5.41, 5.74) is 8.99. The summed E-state index contributed by atoms with van der Waals surface area (Å²) in [6.07, 6.45) is 0. The minimum Gasteiger partial charge on any atom is -0.507 e. The topological polar surface area (TPSA) is 101 Å². The lowest BCUT2D eigenvalue weighted by Gasteiger charge is -2.25. The largest absolute Gasteiger partial charge is 0.507 e. The minimum absolute atomic E-state index is 0.128. The number of aromatic hydroxyl groups is 2. The van der Waals surface area contributed by atoms with Crippen molar-refractivity contribution in [2.45, 2.75) is 0 Å². The fraction of sp³-hybridized carbons (Fsp3) is 0. The number of phenols is 2. The number of ketones is 2. The van der Waals surface area contributed by atoms with Crippen LogP contribution in [0, 0.1) is 0 Å². The van der Waals surface area contributed by atoms with E-state index in [1.54, 1.807) is 6.07 Å². The molecular weight excluding hydrogens is 390 g/mol. The predicted molar refractivity (Wildman–Crippen MR) is 118 cm³/mol. The summed E-state index contributed by atoms with van der Waals surface area (Å²) in [5, 5.41) is 20.8. The monoisotopic (exact) mass is 407 g/mol. The molecule has 0 spiro atoms. The number of nitrogens with two attached hydrogens (primary N) is 1. The van der Waals surface area contributed by atoms with Crippen molar-refractivity contribution >= 4 is 17.3 Å². The van der Waals surface area contributed by atoms with E-state index in [1.165, 1.54) is 12.1 Å². The van der Waals surface area contributed by atoms with Gasteiger partial charge in [-0.25, -0.2) is 0 Å². The molecule has 4 aromatic rings. The second-order valence-electron chi connectivity index (χ2n) is 7.38. The maximum atomic E-state index is 13.7. The molecule has 150 valence electrons. The molecule has 4 aromatic carbocycles. The molecule has 0 unspecified atom stereocenters. The molecule has 0 saturated carbocycles. The van der Waals surface area contributed by atoms with Gasteiger partial charge < -0.3 is 15.9 Å². The molecule has 0 fully saturated rings. The average Bonchev–Trinajstić information content (AvgIpc) is 2.79. The highest BCUT2D eigenvalue weighted by Gasteiger charge is 2.39. The molecule has 0 atom stereocenters. The van der Waals surface area contributed by atoms with Crippen LogP contribution in [0.1, 0.15) is 31.8 Å². The molecular formula is C26H17NO4. The molecule has 0 aromatic heterocycles. The summed E-state index contributed by atoms with van der Waals surface area (Å²) in [5.74, 6) is -1.80. The molecule has 0 heterocycles. The van der Waals surface area contributed by atoms with E-state index >= 15 is 0 Å². The normalized spacial score (nSPS) is 12.4. The molecule has 1 aliphatic carbocycles. The number of hydrogen-bond acceptors (Lipinski definition) is 5. The first-order valence-electron chi connectivity index (χ1n) is 9.70. The Hall–Kier alpha value is -4.38. The van der Waals surface area contributed by atoms with Gasteiger partial charge in [0.2, 0.25) is 0 Å². The van der Waals surface area contributed by atoms with E-state index < -0.39 is 11.6 Å². The fourth-order valence-electron chi connectivity index (χ4n) is 4.22. The maximum Gasteiger partial charge on any atom is 0.199 e. The highest BCUT2D eigenvalue weighted by atomic mass is 16.3. The van der Waals surface area contributed by atoms with Crippen LogP contribution in [0.5, 0.6) is 11.5 Å². The van der Waals surface area contributed by atoms with E-state index in [1.807, 2.05) is 60.7 Å². The zero-order valence-corrected chi connectivity index (χ0v) is 16.3. The second kappa shape index (κ2) is 6.85. The molecule has 1 aliphatic rings. The summed E-state index contributed by atoms with van der Waals surface area (Å²) in [7, 11) is 0. The van der Waals surface area contributed by atoms with Crippen molar-refractivity contribution in [3.05, 3.63) is 101 Å². The standard InChI is InChI=1S/C26H17NO4/c27-17-13-16(14-7-3-1-4-8-14)21-24(20(17)15-9-5-2-6-10-15)26(31)23-19(29)12-11-18(28)22(23)25(21)30/h1-13,28-29H,27H2. The molecule has 5 rings (SSSR count). The van der Waals surface area contributed by atoms with Gasteiger partial charge in [0.15, 0.2) is 11.6 Å². The first-order valence-corrected chi connectivity index (χ1v) is 9.70. The molecule has 4 N–H and O–H groups in total. The Morgan fingerprint density at radius 3 is 1.58 bits per heavy atom. The number of anilines is 1. The van der Waals surface area contributed by atoms with Gasteiger partial charge in [-0.3, -0.25) is 9.59 Å². The average molecular weight is 407 g/mol.